The van der Waals surface area contributed by atoms with E-state index >= 15 is 0 Å². The summed E-state index contributed by atoms with van der Waals surface area (Å²) in [6.45, 7) is 3.98. The Labute approximate surface area is 123 Å². The fourth-order valence-electron chi connectivity index (χ4n) is 2.44. The molecular formula is C15H19ClFN3. The topological polar surface area (TPSA) is 43.8 Å². The summed E-state index contributed by atoms with van der Waals surface area (Å²) < 4.78 is 15.6. The molecule has 1 unspecified atom stereocenters. The molecule has 0 saturated carbocycles. The second-order valence-corrected chi connectivity index (χ2v) is 5.55. The van der Waals surface area contributed by atoms with E-state index in [0.29, 0.717) is 23.4 Å². The fourth-order valence-corrected chi connectivity index (χ4v) is 2.68. The van der Waals surface area contributed by atoms with E-state index in [9.17, 15) is 4.39 Å². The molecule has 0 aliphatic heterocycles. The quantitative estimate of drug-likeness (QED) is 0.942. The van der Waals surface area contributed by atoms with E-state index in [-0.39, 0.29) is 11.9 Å². The van der Waals surface area contributed by atoms with Crippen LogP contribution in [0.1, 0.15) is 22.5 Å². The maximum absolute atomic E-state index is 13.8. The van der Waals surface area contributed by atoms with E-state index in [4.69, 9.17) is 17.3 Å². The lowest BCUT2D eigenvalue weighted by molar-refractivity contribution is 0.583. The number of hydrogen-bond donors (Lipinski definition) is 1. The Morgan fingerprint density at radius 1 is 1.30 bits per heavy atom. The number of aromatic nitrogens is 2. The summed E-state index contributed by atoms with van der Waals surface area (Å²) in [7, 11) is 1.91. The number of nitrogens with zero attached hydrogens (tertiary/aromatic N) is 2. The van der Waals surface area contributed by atoms with Gasteiger partial charge in [-0.15, -0.1) is 0 Å². The summed E-state index contributed by atoms with van der Waals surface area (Å²) in [4.78, 5) is 0. The molecule has 108 valence electrons. The third kappa shape index (κ3) is 3.02. The molecule has 5 heteroatoms. The summed E-state index contributed by atoms with van der Waals surface area (Å²) in [6, 6.07) is 4.51. The molecule has 1 aromatic carbocycles. The number of rotatable bonds is 4. The molecule has 2 N–H and O–H groups in total. The van der Waals surface area contributed by atoms with Crippen LogP contribution in [-0.4, -0.2) is 15.8 Å². The molecule has 20 heavy (non-hydrogen) atoms. The van der Waals surface area contributed by atoms with Crippen molar-refractivity contribution in [1.82, 2.24) is 9.78 Å². The zero-order valence-corrected chi connectivity index (χ0v) is 12.7. The third-order valence-electron chi connectivity index (χ3n) is 3.65. The van der Waals surface area contributed by atoms with Crippen molar-refractivity contribution in [1.29, 1.82) is 0 Å². The lowest BCUT2D eigenvalue weighted by atomic mass is 9.98. The Balaban J connectivity index is 2.15. The molecule has 0 fully saturated rings. The zero-order valence-electron chi connectivity index (χ0n) is 12.0. The van der Waals surface area contributed by atoms with Gasteiger partial charge < -0.3 is 5.73 Å². The number of nitrogens with two attached hydrogens (primary N) is 1. The Morgan fingerprint density at radius 3 is 2.50 bits per heavy atom. The average molecular weight is 296 g/mol. The van der Waals surface area contributed by atoms with Crippen molar-refractivity contribution in [2.75, 3.05) is 0 Å². The predicted octanol–water partition coefficient (Wildman–Crippen LogP) is 2.94. The molecule has 3 nitrogen and oxygen atoms in total. The molecular weight excluding hydrogens is 277 g/mol. The van der Waals surface area contributed by atoms with E-state index < -0.39 is 0 Å². The largest absolute Gasteiger partial charge is 0.327 e. The van der Waals surface area contributed by atoms with Gasteiger partial charge >= 0.3 is 0 Å². The molecule has 0 aliphatic rings. The first-order valence-electron chi connectivity index (χ1n) is 6.57. The van der Waals surface area contributed by atoms with Gasteiger partial charge in [0.2, 0.25) is 0 Å². The number of hydrogen-bond acceptors (Lipinski definition) is 2. The Morgan fingerprint density at radius 2 is 1.95 bits per heavy atom. The van der Waals surface area contributed by atoms with Crippen LogP contribution in [0.4, 0.5) is 4.39 Å². The fraction of sp³-hybridized carbons (Fsp3) is 0.400. The van der Waals surface area contributed by atoms with Crippen molar-refractivity contribution in [3.8, 4) is 0 Å². The van der Waals surface area contributed by atoms with E-state index in [0.717, 1.165) is 17.0 Å². The van der Waals surface area contributed by atoms with E-state index in [1.807, 2.05) is 25.6 Å². The zero-order chi connectivity index (χ0) is 14.9. The maximum Gasteiger partial charge on any atom is 0.127 e. The van der Waals surface area contributed by atoms with Crippen LogP contribution >= 0.6 is 11.6 Å². The molecule has 2 rings (SSSR count). The maximum atomic E-state index is 13.8. The molecule has 0 saturated heterocycles. The molecule has 0 radical (unpaired) electrons. The van der Waals surface area contributed by atoms with Crippen molar-refractivity contribution < 1.29 is 4.39 Å². The van der Waals surface area contributed by atoms with E-state index in [1.165, 1.54) is 6.07 Å². The van der Waals surface area contributed by atoms with Gasteiger partial charge in [0.1, 0.15) is 5.82 Å². The highest BCUT2D eigenvalue weighted by Crippen LogP contribution is 2.22. The van der Waals surface area contributed by atoms with Crippen LogP contribution in [0.3, 0.4) is 0 Å². The van der Waals surface area contributed by atoms with E-state index in [1.54, 1.807) is 12.1 Å². The van der Waals surface area contributed by atoms with Gasteiger partial charge in [-0.25, -0.2) is 4.39 Å². The summed E-state index contributed by atoms with van der Waals surface area (Å²) in [5.74, 6) is -0.299. The number of aryl methyl sites for hydroxylation is 2. The average Bonchev–Trinajstić information content (AvgIpc) is 2.61. The van der Waals surface area contributed by atoms with Crippen molar-refractivity contribution in [3.05, 3.63) is 51.6 Å². The summed E-state index contributed by atoms with van der Waals surface area (Å²) >= 11 is 6.03. The Bertz CT molecular complexity index is 602. The summed E-state index contributed by atoms with van der Waals surface area (Å²) in [6.07, 6.45) is 1.08. The van der Waals surface area contributed by atoms with Crippen LogP contribution < -0.4 is 5.73 Å². The minimum atomic E-state index is -0.299. The lowest BCUT2D eigenvalue weighted by Crippen LogP contribution is -2.26. The van der Waals surface area contributed by atoms with Gasteiger partial charge in [-0.05, 0) is 44.4 Å². The SMILES string of the molecule is Cc1nn(C)c(C)c1CC(N)Cc1c(F)cccc1Cl. The van der Waals surface area contributed by atoms with Gasteiger partial charge in [0.05, 0.1) is 5.69 Å². The lowest BCUT2D eigenvalue weighted by Gasteiger charge is -2.14. The smallest absolute Gasteiger partial charge is 0.127 e. The van der Waals surface area contributed by atoms with Crippen LogP contribution in [0.15, 0.2) is 18.2 Å². The van der Waals surface area contributed by atoms with Crippen molar-refractivity contribution in [2.24, 2.45) is 12.8 Å². The normalized spacial score (nSPS) is 12.7. The van der Waals surface area contributed by atoms with Crippen LogP contribution in [0.2, 0.25) is 5.02 Å². The second-order valence-electron chi connectivity index (χ2n) is 5.14. The molecule has 1 heterocycles. The van der Waals surface area contributed by atoms with Gasteiger partial charge in [-0.3, -0.25) is 4.68 Å². The van der Waals surface area contributed by atoms with Crippen LogP contribution in [0.25, 0.3) is 0 Å². The summed E-state index contributed by atoms with van der Waals surface area (Å²) in [5.41, 5.74) is 9.85. The second kappa shape index (κ2) is 5.94. The molecule has 1 aromatic heterocycles. The number of halogens is 2. The molecule has 0 amide bonds. The van der Waals surface area contributed by atoms with Crippen molar-refractivity contribution in [2.45, 2.75) is 32.7 Å². The molecule has 0 aliphatic carbocycles. The molecule has 1 atom stereocenters. The predicted molar refractivity (Wildman–Crippen MR) is 79.5 cm³/mol. The van der Waals surface area contributed by atoms with E-state index in [2.05, 4.69) is 5.10 Å². The number of benzene rings is 1. The van der Waals surface area contributed by atoms with Crippen LogP contribution in [0.5, 0.6) is 0 Å². The van der Waals surface area contributed by atoms with Gasteiger partial charge in [0.25, 0.3) is 0 Å². The molecule has 0 spiro atoms. The molecule has 0 bridgehead atoms. The highest BCUT2D eigenvalue weighted by Gasteiger charge is 2.16. The standard InChI is InChI=1S/C15H19ClFN3/c1-9-12(10(2)20(3)19-9)7-11(18)8-13-14(16)5-4-6-15(13)17/h4-6,11H,7-8,18H2,1-3H3. The van der Waals surface area contributed by atoms with Crippen LogP contribution in [-0.2, 0) is 19.9 Å². The Hall–Kier alpha value is -1.39. The molecule has 2 aromatic rings. The monoisotopic (exact) mass is 295 g/mol. The third-order valence-corrected chi connectivity index (χ3v) is 4.01. The first-order chi connectivity index (χ1) is 9.40. The summed E-state index contributed by atoms with van der Waals surface area (Å²) in [5, 5.41) is 4.80. The highest BCUT2D eigenvalue weighted by atomic mass is 35.5. The van der Waals surface area contributed by atoms with Gasteiger partial charge in [-0.2, -0.15) is 5.10 Å². The van der Waals surface area contributed by atoms with Gasteiger partial charge in [-0.1, -0.05) is 17.7 Å². The first-order valence-corrected chi connectivity index (χ1v) is 6.95. The van der Waals surface area contributed by atoms with Gasteiger partial charge in [0.15, 0.2) is 0 Å². The highest BCUT2D eigenvalue weighted by molar-refractivity contribution is 6.31. The van der Waals surface area contributed by atoms with Crippen LogP contribution in [0, 0.1) is 19.7 Å². The van der Waals surface area contributed by atoms with Crippen molar-refractivity contribution >= 4 is 11.6 Å². The van der Waals surface area contributed by atoms with Crippen molar-refractivity contribution in [3.63, 3.8) is 0 Å². The minimum absolute atomic E-state index is 0.189. The minimum Gasteiger partial charge on any atom is -0.327 e. The first kappa shape index (κ1) is 15.0. The van der Waals surface area contributed by atoms with Gasteiger partial charge in [0, 0.05) is 29.4 Å². The Kier molecular flexibility index (Phi) is 4.45.